The van der Waals surface area contributed by atoms with Crippen LogP contribution in [-0.4, -0.2) is 56.3 Å². The lowest BCUT2D eigenvalue weighted by Gasteiger charge is -2.38. The number of rotatable bonds is 7. The van der Waals surface area contributed by atoms with Gasteiger partial charge < -0.3 is 23.8 Å². The Hall–Kier alpha value is -3.22. The monoisotopic (exact) mass is 370 g/mol. The zero-order valence-corrected chi connectivity index (χ0v) is 15.5. The van der Waals surface area contributed by atoms with Gasteiger partial charge in [-0.1, -0.05) is 0 Å². The van der Waals surface area contributed by atoms with Crippen LogP contribution >= 0.6 is 0 Å². The van der Waals surface area contributed by atoms with Gasteiger partial charge in [-0.15, -0.1) is 0 Å². The molecule has 1 aromatic heterocycles. The molecule has 1 saturated heterocycles. The molecule has 2 heterocycles. The van der Waals surface area contributed by atoms with Crippen LogP contribution < -0.4 is 18.9 Å². The Labute approximate surface area is 158 Å². The number of methoxy groups -OCH3 is 3. The van der Waals surface area contributed by atoms with Crippen molar-refractivity contribution in [3.05, 3.63) is 48.3 Å². The minimum absolute atomic E-state index is 0.00674. The van der Waals surface area contributed by atoms with Crippen LogP contribution in [0.15, 0.2) is 42.7 Å². The number of likely N-dealkylation sites (tertiary alicyclic amines) is 1. The third-order valence-corrected chi connectivity index (χ3v) is 4.20. The van der Waals surface area contributed by atoms with E-state index in [1.165, 1.54) is 6.08 Å². The number of ether oxygens (including phenoxy) is 4. The van der Waals surface area contributed by atoms with Crippen LogP contribution in [0.4, 0.5) is 0 Å². The van der Waals surface area contributed by atoms with Crippen molar-refractivity contribution in [2.24, 2.45) is 0 Å². The lowest BCUT2D eigenvalue weighted by molar-refractivity contribution is -0.134. The summed E-state index contributed by atoms with van der Waals surface area (Å²) in [6.07, 6.45) is 6.60. The first-order valence-corrected chi connectivity index (χ1v) is 8.48. The molecule has 0 atom stereocenters. The number of hydrogen-bond acceptors (Lipinski definition) is 6. The SMILES string of the molecule is COc1cc(/C=C/C(=O)N2CC(Oc3cccnc3)C2)cc(OC)c1OC. The molecule has 7 nitrogen and oxygen atoms in total. The van der Waals surface area contributed by atoms with E-state index in [4.69, 9.17) is 18.9 Å². The molecule has 3 rings (SSSR count). The summed E-state index contributed by atoms with van der Waals surface area (Å²) in [6.45, 7) is 1.10. The molecule has 0 bridgehead atoms. The molecule has 1 aromatic carbocycles. The summed E-state index contributed by atoms with van der Waals surface area (Å²) in [6, 6.07) is 7.24. The molecule has 7 heteroatoms. The van der Waals surface area contributed by atoms with Gasteiger partial charge in [0.05, 0.1) is 40.6 Å². The van der Waals surface area contributed by atoms with Crippen molar-refractivity contribution in [2.75, 3.05) is 34.4 Å². The summed E-state index contributed by atoms with van der Waals surface area (Å²) in [4.78, 5) is 18.0. The third-order valence-electron chi connectivity index (χ3n) is 4.20. The standard InChI is InChI=1S/C20H22N2O5/c1-24-17-9-14(10-18(25-2)20(17)26-3)6-7-19(23)22-12-16(13-22)27-15-5-4-8-21-11-15/h4-11,16H,12-13H2,1-3H3/b7-6+. The van der Waals surface area contributed by atoms with Gasteiger partial charge in [-0.05, 0) is 35.9 Å². The van der Waals surface area contributed by atoms with Crippen LogP contribution in [0.1, 0.15) is 5.56 Å². The van der Waals surface area contributed by atoms with E-state index in [0.29, 0.717) is 36.1 Å². The van der Waals surface area contributed by atoms with Crippen LogP contribution in [0.5, 0.6) is 23.0 Å². The summed E-state index contributed by atoms with van der Waals surface area (Å²) in [5.41, 5.74) is 0.779. The summed E-state index contributed by atoms with van der Waals surface area (Å²) >= 11 is 0. The molecule has 0 radical (unpaired) electrons. The van der Waals surface area contributed by atoms with Gasteiger partial charge in [0.25, 0.3) is 0 Å². The van der Waals surface area contributed by atoms with Crippen molar-refractivity contribution in [3.8, 4) is 23.0 Å². The van der Waals surface area contributed by atoms with Gasteiger partial charge in [-0.2, -0.15) is 0 Å². The molecular formula is C20H22N2O5. The van der Waals surface area contributed by atoms with Crippen molar-refractivity contribution in [1.82, 2.24) is 9.88 Å². The zero-order valence-electron chi connectivity index (χ0n) is 15.5. The Morgan fingerprint density at radius 2 is 1.85 bits per heavy atom. The molecule has 1 aliphatic heterocycles. The average molecular weight is 370 g/mol. The zero-order chi connectivity index (χ0) is 19.2. The predicted molar refractivity (Wildman–Crippen MR) is 100 cm³/mol. The lowest BCUT2D eigenvalue weighted by atomic mass is 10.1. The Kier molecular flexibility index (Phi) is 5.80. The van der Waals surface area contributed by atoms with E-state index in [9.17, 15) is 4.79 Å². The Morgan fingerprint density at radius 1 is 1.15 bits per heavy atom. The van der Waals surface area contributed by atoms with Gasteiger partial charge in [0.15, 0.2) is 11.5 Å². The van der Waals surface area contributed by atoms with Crippen molar-refractivity contribution in [3.63, 3.8) is 0 Å². The maximum atomic E-state index is 12.3. The molecule has 0 saturated carbocycles. The first kappa shape index (κ1) is 18.6. The van der Waals surface area contributed by atoms with E-state index >= 15 is 0 Å². The van der Waals surface area contributed by atoms with Crippen molar-refractivity contribution in [2.45, 2.75) is 6.10 Å². The first-order chi connectivity index (χ1) is 13.1. The van der Waals surface area contributed by atoms with E-state index in [1.807, 2.05) is 12.1 Å². The molecule has 142 valence electrons. The molecule has 1 fully saturated rings. The normalized spacial score (nSPS) is 14.0. The number of hydrogen-bond donors (Lipinski definition) is 0. The second kappa shape index (κ2) is 8.44. The van der Waals surface area contributed by atoms with Gasteiger partial charge in [-0.3, -0.25) is 9.78 Å². The number of carbonyl (C=O) groups excluding carboxylic acids is 1. The minimum atomic E-state index is -0.0743. The van der Waals surface area contributed by atoms with Gasteiger partial charge in [0, 0.05) is 12.3 Å². The Morgan fingerprint density at radius 3 is 2.41 bits per heavy atom. The molecular weight excluding hydrogens is 348 g/mol. The van der Waals surface area contributed by atoms with Crippen LogP contribution in [-0.2, 0) is 4.79 Å². The molecule has 1 amide bonds. The fourth-order valence-electron chi connectivity index (χ4n) is 2.77. The smallest absolute Gasteiger partial charge is 0.246 e. The number of amides is 1. The maximum Gasteiger partial charge on any atom is 0.246 e. The largest absolute Gasteiger partial charge is 0.493 e. The van der Waals surface area contributed by atoms with E-state index in [0.717, 1.165) is 5.56 Å². The fourth-order valence-corrected chi connectivity index (χ4v) is 2.77. The Balaban J connectivity index is 1.59. The average Bonchev–Trinajstić information content (AvgIpc) is 2.68. The fraction of sp³-hybridized carbons (Fsp3) is 0.300. The molecule has 2 aromatic rings. The molecule has 0 N–H and O–H groups in total. The molecule has 27 heavy (non-hydrogen) atoms. The van der Waals surface area contributed by atoms with E-state index in [1.54, 1.807) is 56.8 Å². The van der Waals surface area contributed by atoms with E-state index in [2.05, 4.69) is 4.98 Å². The highest BCUT2D eigenvalue weighted by Crippen LogP contribution is 2.38. The summed E-state index contributed by atoms with van der Waals surface area (Å²) in [5, 5.41) is 0. The van der Waals surface area contributed by atoms with Gasteiger partial charge >= 0.3 is 0 Å². The topological polar surface area (TPSA) is 70.1 Å². The van der Waals surface area contributed by atoms with Crippen LogP contribution in [0.3, 0.4) is 0 Å². The number of pyridine rings is 1. The summed E-state index contributed by atoms with van der Waals surface area (Å²) < 4.78 is 21.7. The number of aromatic nitrogens is 1. The number of benzene rings is 1. The quantitative estimate of drug-likeness (QED) is 0.697. The summed E-state index contributed by atoms with van der Waals surface area (Å²) in [7, 11) is 4.66. The van der Waals surface area contributed by atoms with Gasteiger partial charge in [-0.25, -0.2) is 0 Å². The highest BCUT2D eigenvalue weighted by Gasteiger charge is 2.31. The number of nitrogens with zero attached hydrogens (tertiary/aromatic N) is 2. The molecule has 0 aliphatic carbocycles. The van der Waals surface area contributed by atoms with Gasteiger partial charge in [0.1, 0.15) is 11.9 Å². The van der Waals surface area contributed by atoms with E-state index < -0.39 is 0 Å². The van der Waals surface area contributed by atoms with Crippen LogP contribution in [0, 0.1) is 0 Å². The minimum Gasteiger partial charge on any atom is -0.493 e. The van der Waals surface area contributed by atoms with Gasteiger partial charge in [0.2, 0.25) is 11.7 Å². The first-order valence-electron chi connectivity index (χ1n) is 8.48. The van der Waals surface area contributed by atoms with Crippen LogP contribution in [0.2, 0.25) is 0 Å². The highest BCUT2D eigenvalue weighted by atomic mass is 16.5. The van der Waals surface area contributed by atoms with E-state index in [-0.39, 0.29) is 12.0 Å². The van der Waals surface area contributed by atoms with Crippen molar-refractivity contribution in [1.29, 1.82) is 0 Å². The lowest BCUT2D eigenvalue weighted by Crippen LogP contribution is -2.55. The second-order valence-electron chi connectivity index (χ2n) is 5.96. The third kappa shape index (κ3) is 4.31. The maximum absolute atomic E-state index is 12.3. The molecule has 0 unspecified atom stereocenters. The van der Waals surface area contributed by atoms with Crippen molar-refractivity contribution >= 4 is 12.0 Å². The molecule has 1 aliphatic rings. The second-order valence-corrected chi connectivity index (χ2v) is 5.96. The highest BCUT2D eigenvalue weighted by molar-refractivity contribution is 5.92. The van der Waals surface area contributed by atoms with Crippen molar-refractivity contribution < 1.29 is 23.7 Å². The predicted octanol–water partition coefficient (Wildman–Crippen LogP) is 2.41. The molecule has 0 spiro atoms. The van der Waals surface area contributed by atoms with Crippen LogP contribution in [0.25, 0.3) is 6.08 Å². The summed E-state index contributed by atoms with van der Waals surface area (Å²) in [5.74, 6) is 2.23. The number of carbonyl (C=O) groups is 1. The Bertz CT molecular complexity index is 791.